The molecule has 7 heteroatoms. The van der Waals surface area contributed by atoms with Gasteiger partial charge in [-0.2, -0.15) is 4.31 Å². The molecular weight excluding hydrogens is 321 g/mol. The van der Waals surface area contributed by atoms with Crippen LogP contribution in [0.3, 0.4) is 0 Å². The van der Waals surface area contributed by atoms with Crippen LogP contribution in [0.15, 0.2) is 23.1 Å². The van der Waals surface area contributed by atoms with Crippen LogP contribution in [0.2, 0.25) is 0 Å². The molecule has 1 saturated carbocycles. The van der Waals surface area contributed by atoms with E-state index in [4.69, 9.17) is 9.47 Å². The number of halogens is 1. The summed E-state index contributed by atoms with van der Waals surface area (Å²) in [6, 6.07) is 3.89. The summed E-state index contributed by atoms with van der Waals surface area (Å²) in [5.41, 5.74) is 0.435. The van der Waals surface area contributed by atoms with Crippen LogP contribution in [-0.2, 0) is 19.5 Å². The molecule has 0 spiro atoms. The summed E-state index contributed by atoms with van der Waals surface area (Å²) in [4.78, 5) is 0.0106. The lowest BCUT2D eigenvalue weighted by Gasteiger charge is -2.36. The van der Waals surface area contributed by atoms with E-state index < -0.39 is 15.8 Å². The number of fused-ring (bicyclic) bond motifs is 1. The molecule has 0 aromatic heterocycles. The molecule has 0 amide bonds. The van der Waals surface area contributed by atoms with E-state index in [1.807, 2.05) is 0 Å². The van der Waals surface area contributed by atoms with Crippen molar-refractivity contribution in [3.05, 3.63) is 29.6 Å². The van der Waals surface area contributed by atoms with Gasteiger partial charge in [0.15, 0.2) is 0 Å². The van der Waals surface area contributed by atoms with Gasteiger partial charge in [0.1, 0.15) is 5.82 Å². The first-order chi connectivity index (χ1) is 10.9. The van der Waals surface area contributed by atoms with Gasteiger partial charge in [0.25, 0.3) is 0 Å². The lowest BCUT2D eigenvalue weighted by Crippen LogP contribution is -2.51. The third-order valence-electron chi connectivity index (χ3n) is 4.74. The number of methoxy groups -OCH3 is 1. The van der Waals surface area contributed by atoms with Crippen molar-refractivity contribution in [3.8, 4) is 0 Å². The Morgan fingerprint density at radius 2 is 2.17 bits per heavy atom. The van der Waals surface area contributed by atoms with Crippen molar-refractivity contribution in [1.29, 1.82) is 0 Å². The summed E-state index contributed by atoms with van der Waals surface area (Å²) in [6.07, 6.45) is 1.41. The van der Waals surface area contributed by atoms with E-state index in [9.17, 15) is 12.8 Å². The largest absolute Gasteiger partial charge is 0.384 e. The molecule has 128 valence electrons. The second-order valence-electron chi connectivity index (χ2n) is 6.30. The molecule has 1 saturated heterocycles. The first kappa shape index (κ1) is 16.8. The molecule has 0 bridgehead atoms. The average Bonchev–Trinajstić information content (AvgIpc) is 2.92. The highest BCUT2D eigenvalue weighted by atomic mass is 32.2. The van der Waals surface area contributed by atoms with Crippen molar-refractivity contribution in [2.45, 2.75) is 36.8 Å². The Morgan fingerprint density at radius 1 is 1.39 bits per heavy atom. The van der Waals surface area contributed by atoms with E-state index in [2.05, 4.69) is 0 Å². The topological polar surface area (TPSA) is 55.8 Å². The van der Waals surface area contributed by atoms with Crippen molar-refractivity contribution >= 4 is 10.0 Å². The number of benzene rings is 1. The number of rotatable bonds is 4. The number of morpholine rings is 1. The van der Waals surface area contributed by atoms with Crippen LogP contribution in [0, 0.1) is 18.7 Å². The van der Waals surface area contributed by atoms with Crippen LogP contribution in [0.1, 0.15) is 18.4 Å². The summed E-state index contributed by atoms with van der Waals surface area (Å²) < 4.78 is 52.1. The Balaban J connectivity index is 1.88. The Kier molecular flexibility index (Phi) is 4.73. The van der Waals surface area contributed by atoms with Gasteiger partial charge in [-0.05, 0) is 43.4 Å². The number of ether oxygens (including phenoxy) is 2. The molecule has 2 fully saturated rings. The molecule has 2 aliphatic rings. The van der Waals surface area contributed by atoms with Gasteiger partial charge in [-0.15, -0.1) is 0 Å². The highest BCUT2D eigenvalue weighted by Gasteiger charge is 2.45. The highest BCUT2D eigenvalue weighted by Crippen LogP contribution is 2.37. The number of nitrogens with zero attached hydrogens (tertiary/aromatic N) is 1. The molecule has 23 heavy (non-hydrogen) atoms. The maximum absolute atomic E-state index is 13.8. The molecule has 1 aliphatic heterocycles. The van der Waals surface area contributed by atoms with Crippen molar-refractivity contribution in [2.75, 3.05) is 26.9 Å². The Labute approximate surface area is 136 Å². The summed E-state index contributed by atoms with van der Waals surface area (Å²) in [6.45, 7) is 2.89. The summed E-state index contributed by atoms with van der Waals surface area (Å²) >= 11 is 0. The first-order valence-electron chi connectivity index (χ1n) is 7.82. The van der Waals surface area contributed by atoms with Gasteiger partial charge in [0.2, 0.25) is 10.0 Å². The van der Waals surface area contributed by atoms with Gasteiger partial charge >= 0.3 is 0 Å². The van der Waals surface area contributed by atoms with Gasteiger partial charge in [-0.25, -0.2) is 12.8 Å². The molecule has 0 radical (unpaired) electrons. The Bertz CT molecular complexity index is 679. The van der Waals surface area contributed by atoms with E-state index in [-0.39, 0.29) is 17.0 Å². The van der Waals surface area contributed by atoms with Crippen molar-refractivity contribution < 1.29 is 22.3 Å². The minimum Gasteiger partial charge on any atom is -0.384 e. The molecule has 1 heterocycles. The lowest BCUT2D eigenvalue weighted by molar-refractivity contribution is -0.0250. The third kappa shape index (κ3) is 3.15. The van der Waals surface area contributed by atoms with Crippen LogP contribution in [0.4, 0.5) is 4.39 Å². The summed E-state index contributed by atoms with van der Waals surface area (Å²) in [5, 5.41) is 0. The molecule has 3 atom stereocenters. The van der Waals surface area contributed by atoms with Crippen LogP contribution in [-0.4, -0.2) is 51.7 Å². The van der Waals surface area contributed by atoms with Crippen molar-refractivity contribution in [1.82, 2.24) is 4.31 Å². The van der Waals surface area contributed by atoms with Crippen molar-refractivity contribution in [3.63, 3.8) is 0 Å². The number of hydrogen-bond acceptors (Lipinski definition) is 4. The minimum absolute atomic E-state index is 0.0106. The van der Waals surface area contributed by atoms with E-state index >= 15 is 0 Å². The molecule has 1 unspecified atom stereocenters. The monoisotopic (exact) mass is 343 g/mol. The van der Waals surface area contributed by atoms with Crippen LogP contribution in [0.5, 0.6) is 0 Å². The Hall–Kier alpha value is -1.02. The zero-order chi connectivity index (χ0) is 16.6. The Morgan fingerprint density at radius 3 is 2.87 bits per heavy atom. The second kappa shape index (κ2) is 6.47. The lowest BCUT2D eigenvalue weighted by atomic mass is 10.1. The van der Waals surface area contributed by atoms with Crippen LogP contribution in [0.25, 0.3) is 0 Å². The predicted octanol–water partition coefficient (Wildman–Crippen LogP) is 1.95. The maximum Gasteiger partial charge on any atom is 0.243 e. The van der Waals surface area contributed by atoms with Gasteiger partial charge < -0.3 is 9.47 Å². The van der Waals surface area contributed by atoms with E-state index in [1.165, 1.54) is 16.4 Å². The first-order valence-corrected chi connectivity index (χ1v) is 9.26. The third-order valence-corrected chi connectivity index (χ3v) is 6.66. The van der Waals surface area contributed by atoms with E-state index in [0.29, 0.717) is 37.7 Å². The van der Waals surface area contributed by atoms with Gasteiger partial charge in [0.05, 0.1) is 23.6 Å². The predicted molar refractivity (Wildman–Crippen MR) is 83.2 cm³/mol. The fourth-order valence-corrected chi connectivity index (χ4v) is 5.21. The SMILES string of the molecule is COCC1C[C@@H]2[C@@H](C1)OCCN2S(=O)(=O)c1ccc(C)c(F)c1. The normalized spacial score (nSPS) is 28.7. The zero-order valence-corrected chi connectivity index (χ0v) is 14.2. The molecule has 3 rings (SSSR count). The number of hydrogen-bond donors (Lipinski definition) is 0. The van der Waals surface area contributed by atoms with Crippen molar-refractivity contribution in [2.24, 2.45) is 5.92 Å². The van der Waals surface area contributed by atoms with Gasteiger partial charge in [0, 0.05) is 20.3 Å². The number of sulfonamides is 1. The second-order valence-corrected chi connectivity index (χ2v) is 8.19. The molecule has 1 aromatic rings. The average molecular weight is 343 g/mol. The summed E-state index contributed by atoms with van der Waals surface area (Å²) in [7, 11) is -2.08. The molecule has 5 nitrogen and oxygen atoms in total. The fraction of sp³-hybridized carbons (Fsp3) is 0.625. The molecular formula is C16H22FNO4S. The van der Waals surface area contributed by atoms with Gasteiger partial charge in [-0.3, -0.25) is 0 Å². The molecule has 1 aliphatic carbocycles. The van der Waals surface area contributed by atoms with Crippen LogP contribution < -0.4 is 0 Å². The minimum atomic E-state index is -3.72. The fourth-order valence-electron chi connectivity index (χ4n) is 3.56. The smallest absolute Gasteiger partial charge is 0.243 e. The van der Waals surface area contributed by atoms with Crippen LogP contribution >= 0.6 is 0 Å². The quantitative estimate of drug-likeness (QED) is 0.838. The number of aryl methyl sites for hydroxylation is 1. The molecule has 0 N–H and O–H groups in total. The van der Waals surface area contributed by atoms with E-state index in [1.54, 1.807) is 14.0 Å². The van der Waals surface area contributed by atoms with E-state index in [0.717, 1.165) is 12.5 Å². The maximum atomic E-state index is 13.8. The molecule has 1 aromatic carbocycles. The highest BCUT2D eigenvalue weighted by molar-refractivity contribution is 7.89. The summed E-state index contributed by atoms with van der Waals surface area (Å²) in [5.74, 6) is -0.208. The van der Waals surface area contributed by atoms with Gasteiger partial charge in [-0.1, -0.05) is 6.07 Å². The standard InChI is InChI=1S/C16H22FNO4S/c1-11-3-4-13(9-14(11)17)23(19,20)18-5-6-22-16-8-12(10-21-2)7-15(16)18/h3-4,9,12,15-16H,5-8,10H2,1-2H3/t12?,15-,16-/m1/s1. The zero-order valence-electron chi connectivity index (χ0n) is 13.4.